The van der Waals surface area contributed by atoms with Crippen molar-refractivity contribution in [3.8, 4) is 0 Å². The van der Waals surface area contributed by atoms with Gasteiger partial charge in [-0.05, 0) is 54.6 Å². The zero-order valence-corrected chi connectivity index (χ0v) is 19.3. The van der Waals surface area contributed by atoms with Crippen molar-refractivity contribution in [1.29, 1.82) is 0 Å². The summed E-state index contributed by atoms with van der Waals surface area (Å²) in [4.78, 5) is 18.6. The molecule has 0 spiro atoms. The Balaban J connectivity index is 1.70. The summed E-state index contributed by atoms with van der Waals surface area (Å²) in [5, 5.41) is 0. The Hall–Kier alpha value is -2.91. The van der Waals surface area contributed by atoms with Gasteiger partial charge in [-0.2, -0.15) is 0 Å². The van der Waals surface area contributed by atoms with Gasteiger partial charge in [-0.25, -0.2) is 0 Å². The molecule has 4 rings (SSSR count). The van der Waals surface area contributed by atoms with E-state index < -0.39 is 0 Å². The van der Waals surface area contributed by atoms with E-state index in [1.165, 1.54) is 24.0 Å². The summed E-state index contributed by atoms with van der Waals surface area (Å²) in [7, 11) is 1.99. The lowest BCUT2D eigenvalue weighted by molar-refractivity contribution is -0.133. The maximum atomic E-state index is 14.1. The summed E-state index contributed by atoms with van der Waals surface area (Å²) in [6.07, 6.45) is 3.49. The molecule has 0 N–H and O–H groups in total. The highest BCUT2D eigenvalue weighted by Crippen LogP contribution is 2.31. The molecule has 166 valence electrons. The Morgan fingerprint density at radius 1 is 0.844 bits per heavy atom. The van der Waals surface area contributed by atoms with Crippen molar-refractivity contribution in [3.05, 3.63) is 107 Å². The van der Waals surface area contributed by atoms with E-state index in [2.05, 4.69) is 60.4 Å². The lowest BCUT2D eigenvalue weighted by atomic mass is 9.89. The number of carbonyl (C=O) groups excluding carboxylic acids is 1. The Morgan fingerprint density at radius 2 is 1.41 bits per heavy atom. The van der Waals surface area contributed by atoms with Crippen LogP contribution in [0.25, 0.3) is 0 Å². The highest BCUT2D eigenvalue weighted by molar-refractivity contribution is 5.87. The molecule has 1 saturated heterocycles. The molecule has 32 heavy (non-hydrogen) atoms. The molecule has 0 aromatic heterocycles. The van der Waals surface area contributed by atoms with Crippen LogP contribution >= 0.6 is 0 Å². The van der Waals surface area contributed by atoms with E-state index in [1.807, 2.05) is 48.3 Å². The van der Waals surface area contributed by atoms with Gasteiger partial charge in [-0.15, -0.1) is 0 Å². The van der Waals surface area contributed by atoms with Crippen molar-refractivity contribution in [2.24, 2.45) is 0 Å². The highest BCUT2D eigenvalue weighted by atomic mass is 16.2. The summed E-state index contributed by atoms with van der Waals surface area (Å²) in [6, 6.07) is 29.2. The standard InChI is InChI=1S/C29H34N2O/c1-3-23-13-12-18-26(21-23)27(22-31-19-10-11-20-31)30(2)29(32)28(24-14-6-4-7-15-24)25-16-8-5-9-17-25/h4-9,12-18,21,27-28H,3,10-11,19-20,22H2,1-2H3/t27-/m1/s1. The van der Waals surface area contributed by atoms with Gasteiger partial charge in [0.1, 0.15) is 0 Å². The first kappa shape index (κ1) is 22.3. The smallest absolute Gasteiger partial charge is 0.234 e. The van der Waals surface area contributed by atoms with E-state index >= 15 is 0 Å². The lowest BCUT2D eigenvalue weighted by Gasteiger charge is -2.35. The van der Waals surface area contributed by atoms with Crippen molar-refractivity contribution >= 4 is 5.91 Å². The molecule has 1 aliphatic heterocycles. The number of rotatable bonds is 8. The molecule has 3 heteroatoms. The van der Waals surface area contributed by atoms with E-state index in [0.717, 1.165) is 37.2 Å². The van der Waals surface area contributed by atoms with Gasteiger partial charge in [-0.1, -0.05) is 91.9 Å². The molecule has 1 aliphatic rings. The van der Waals surface area contributed by atoms with Crippen LogP contribution < -0.4 is 0 Å². The monoisotopic (exact) mass is 426 g/mol. The second kappa shape index (κ2) is 10.6. The second-order valence-corrected chi connectivity index (χ2v) is 8.83. The summed E-state index contributed by atoms with van der Waals surface area (Å²) in [5.41, 5.74) is 4.62. The quantitative estimate of drug-likeness (QED) is 0.463. The minimum absolute atomic E-state index is 0.0297. The number of hydrogen-bond acceptors (Lipinski definition) is 2. The minimum atomic E-state index is -0.308. The van der Waals surface area contributed by atoms with Crippen LogP contribution in [-0.4, -0.2) is 42.4 Å². The summed E-state index contributed by atoms with van der Waals surface area (Å²) >= 11 is 0. The molecule has 1 atom stereocenters. The van der Waals surface area contributed by atoms with E-state index in [4.69, 9.17) is 0 Å². The minimum Gasteiger partial charge on any atom is -0.337 e. The number of likely N-dealkylation sites (N-methyl/N-ethyl adjacent to an activating group) is 1. The molecule has 3 nitrogen and oxygen atoms in total. The molecule has 1 amide bonds. The fourth-order valence-electron chi connectivity index (χ4n) is 4.81. The largest absolute Gasteiger partial charge is 0.337 e. The van der Waals surface area contributed by atoms with Crippen molar-refractivity contribution < 1.29 is 4.79 Å². The highest BCUT2D eigenvalue weighted by Gasteiger charge is 2.31. The van der Waals surface area contributed by atoms with E-state index in [0.29, 0.717) is 0 Å². The van der Waals surface area contributed by atoms with E-state index in [9.17, 15) is 4.79 Å². The Bertz CT molecular complexity index is 956. The first-order chi connectivity index (χ1) is 15.7. The Kier molecular flexibility index (Phi) is 7.39. The maximum absolute atomic E-state index is 14.1. The van der Waals surface area contributed by atoms with Gasteiger partial charge in [0, 0.05) is 13.6 Å². The van der Waals surface area contributed by atoms with Gasteiger partial charge in [-0.3, -0.25) is 4.79 Å². The fourth-order valence-corrected chi connectivity index (χ4v) is 4.81. The number of benzene rings is 3. The number of nitrogens with zero attached hydrogens (tertiary/aromatic N) is 2. The topological polar surface area (TPSA) is 23.6 Å². The molecule has 0 radical (unpaired) electrons. The number of likely N-dealkylation sites (tertiary alicyclic amines) is 1. The van der Waals surface area contributed by atoms with Crippen molar-refractivity contribution in [1.82, 2.24) is 9.80 Å². The summed E-state index contributed by atoms with van der Waals surface area (Å²) in [5.74, 6) is -0.161. The second-order valence-electron chi connectivity index (χ2n) is 8.83. The maximum Gasteiger partial charge on any atom is 0.234 e. The normalized spacial score (nSPS) is 15.1. The average molecular weight is 427 g/mol. The average Bonchev–Trinajstić information content (AvgIpc) is 3.37. The van der Waals surface area contributed by atoms with Crippen LogP contribution in [0, 0.1) is 0 Å². The molecule has 0 saturated carbocycles. The first-order valence-corrected chi connectivity index (χ1v) is 11.8. The van der Waals surface area contributed by atoms with Crippen LogP contribution in [0.4, 0.5) is 0 Å². The van der Waals surface area contributed by atoms with Gasteiger partial charge >= 0.3 is 0 Å². The molecule has 0 unspecified atom stereocenters. The molecule has 1 heterocycles. The number of amides is 1. The van der Waals surface area contributed by atoms with Crippen LogP contribution in [0.1, 0.15) is 54.0 Å². The molecule has 1 fully saturated rings. The number of carbonyl (C=O) groups is 1. The van der Waals surface area contributed by atoms with Crippen molar-refractivity contribution in [3.63, 3.8) is 0 Å². The van der Waals surface area contributed by atoms with Gasteiger partial charge in [0.05, 0.1) is 12.0 Å². The predicted octanol–water partition coefficient (Wildman–Crippen LogP) is 5.68. The number of hydrogen-bond donors (Lipinski definition) is 0. The first-order valence-electron chi connectivity index (χ1n) is 11.8. The zero-order valence-electron chi connectivity index (χ0n) is 19.3. The molecule has 3 aromatic carbocycles. The third-order valence-electron chi connectivity index (χ3n) is 6.70. The third kappa shape index (κ3) is 5.11. The van der Waals surface area contributed by atoms with Crippen LogP contribution in [0.2, 0.25) is 0 Å². The lowest BCUT2D eigenvalue weighted by Crippen LogP contribution is -2.41. The van der Waals surface area contributed by atoms with Gasteiger partial charge < -0.3 is 9.80 Å². The third-order valence-corrected chi connectivity index (χ3v) is 6.70. The fraction of sp³-hybridized carbons (Fsp3) is 0.345. The van der Waals surface area contributed by atoms with Crippen LogP contribution in [0.5, 0.6) is 0 Å². The van der Waals surface area contributed by atoms with Crippen LogP contribution in [-0.2, 0) is 11.2 Å². The van der Waals surface area contributed by atoms with Crippen LogP contribution in [0.3, 0.4) is 0 Å². The van der Waals surface area contributed by atoms with E-state index in [1.54, 1.807) is 0 Å². The SMILES string of the molecule is CCc1cccc([C@@H](CN2CCCC2)N(C)C(=O)C(c2ccccc2)c2ccccc2)c1. The Labute approximate surface area is 192 Å². The molecular formula is C29H34N2O. The molecule has 0 aliphatic carbocycles. The van der Waals surface area contributed by atoms with E-state index in [-0.39, 0.29) is 17.9 Å². The Morgan fingerprint density at radius 3 is 1.97 bits per heavy atom. The van der Waals surface area contributed by atoms with Crippen molar-refractivity contribution in [2.45, 2.75) is 38.1 Å². The molecule has 3 aromatic rings. The van der Waals surface area contributed by atoms with Crippen LogP contribution in [0.15, 0.2) is 84.9 Å². The van der Waals surface area contributed by atoms with Gasteiger partial charge in [0.25, 0.3) is 0 Å². The van der Waals surface area contributed by atoms with Crippen molar-refractivity contribution in [2.75, 3.05) is 26.7 Å². The number of aryl methyl sites for hydroxylation is 1. The zero-order chi connectivity index (χ0) is 22.3. The summed E-state index contributed by atoms with van der Waals surface area (Å²) < 4.78 is 0. The summed E-state index contributed by atoms with van der Waals surface area (Å²) in [6.45, 7) is 5.30. The van der Waals surface area contributed by atoms with Gasteiger partial charge in [0.15, 0.2) is 0 Å². The van der Waals surface area contributed by atoms with Gasteiger partial charge in [0.2, 0.25) is 5.91 Å². The predicted molar refractivity (Wildman–Crippen MR) is 132 cm³/mol. The molecule has 0 bridgehead atoms. The molecular weight excluding hydrogens is 392 g/mol.